The van der Waals surface area contributed by atoms with E-state index in [1.54, 1.807) is 0 Å². The van der Waals surface area contributed by atoms with Gasteiger partial charge in [0.15, 0.2) is 0 Å². The maximum absolute atomic E-state index is 9.39. The smallest absolute Gasteiger partial charge is 0.0543 e. The lowest BCUT2D eigenvalue weighted by Crippen LogP contribution is -2.24. The molecule has 12 heavy (non-hydrogen) atoms. The molecular formula is C10H20O2. The minimum atomic E-state index is -0.0699. The highest BCUT2D eigenvalue weighted by Crippen LogP contribution is 2.24. The number of hydrogen-bond donors (Lipinski definition) is 1. The molecule has 2 heteroatoms. The van der Waals surface area contributed by atoms with E-state index in [4.69, 9.17) is 4.74 Å². The normalized spacial score (nSPS) is 31.0. The van der Waals surface area contributed by atoms with Crippen LogP contribution in [0, 0.1) is 5.92 Å². The number of aliphatic hydroxyl groups is 1. The topological polar surface area (TPSA) is 29.5 Å². The second kappa shape index (κ2) is 4.83. The summed E-state index contributed by atoms with van der Waals surface area (Å²) in [5.74, 6) is 0.594. The van der Waals surface area contributed by atoms with Crippen LogP contribution in [0.5, 0.6) is 0 Å². The lowest BCUT2D eigenvalue weighted by Gasteiger charge is -2.26. The molecule has 0 aromatic heterocycles. The number of aliphatic hydroxyl groups excluding tert-OH is 1. The second-order valence-electron chi connectivity index (χ2n) is 4.07. The summed E-state index contributed by atoms with van der Waals surface area (Å²) in [7, 11) is 0. The summed E-state index contributed by atoms with van der Waals surface area (Å²) in [6.07, 6.45) is 4.56. The standard InChI is InChI=1S/C10H20O2/c1-8(2)12-7-9-4-3-5-10(11)6-9/h8-11H,3-7H2,1-2H3. The molecule has 0 aromatic carbocycles. The highest BCUT2D eigenvalue weighted by atomic mass is 16.5. The average Bonchev–Trinajstić information content (AvgIpc) is 2.01. The molecule has 0 heterocycles. The largest absolute Gasteiger partial charge is 0.393 e. The Kier molecular flexibility index (Phi) is 4.02. The van der Waals surface area contributed by atoms with E-state index in [0.29, 0.717) is 12.0 Å². The van der Waals surface area contributed by atoms with Gasteiger partial charge in [0, 0.05) is 6.61 Å². The first-order valence-corrected chi connectivity index (χ1v) is 4.98. The van der Waals surface area contributed by atoms with Gasteiger partial charge in [-0.3, -0.25) is 0 Å². The molecule has 0 bridgehead atoms. The van der Waals surface area contributed by atoms with Gasteiger partial charge in [0.25, 0.3) is 0 Å². The highest BCUT2D eigenvalue weighted by molar-refractivity contribution is 4.71. The van der Waals surface area contributed by atoms with Gasteiger partial charge in [-0.25, -0.2) is 0 Å². The van der Waals surface area contributed by atoms with Gasteiger partial charge in [0.1, 0.15) is 0 Å². The first-order chi connectivity index (χ1) is 5.68. The van der Waals surface area contributed by atoms with Gasteiger partial charge in [0.2, 0.25) is 0 Å². The Morgan fingerprint density at radius 3 is 2.75 bits per heavy atom. The zero-order chi connectivity index (χ0) is 8.97. The van der Waals surface area contributed by atoms with E-state index in [1.165, 1.54) is 6.42 Å². The average molecular weight is 172 g/mol. The number of ether oxygens (including phenoxy) is 1. The summed E-state index contributed by atoms with van der Waals surface area (Å²) in [4.78, 5) is 0. The van der Waals surface area contributed by atoms with Crippen LogP contribution in [-0.2, 0) is 4.74 Å². The summed E-state index contributed by atoms with van der Waals surface area (Å²) in [5, 5.41) is 9.39. The third-order valence-electron chi connectivity index (χ3n) is 2.42. The first-order valence-electron chi connectivity index (χ1n) is 4.98. The van der Waals surface area contributed by atoms with Gasteiger partial charge in [0.05, 0.1) is 12.2 Å². The Morgan fingerprint density at radius 2 is 2.17 bits per heavy atom. The van der Waals surface area contributed by atoms with E-state index in [9.17, 15) is 5.11 Å². The second-order valence-corrected chi connectivity index (χ2v) is 4.07. The summed E-state index contributed by atoms with van der Waals surface area (Å²) in [5.41, 5.74) is 0. The lowest BCUT2D eigenvalue weighted by molar-refractivity contribution is 0.0151. The highest BCUT2D eigenvalue weighted by Gasteiger charge is 2.20. The first kappa shape index (κ1) is 10.0. The van der Waals surface area contributed by atoms with Crippen LogP contribution in [0.25, 0.3) is 0 Å². The molecule has 1 fully saturated rings. The molecule has 0 aromatic rings. The van der Waals surface area contributed by atoms with Crippen LogP contribution in [0.15, 0.2) is 0 Å². The Labute approximate surface area is 74.9 Å². The van der Waals surface area contributed by atoms with E-state index in [2.05, 4.69) is 13.8 Å². The molecule has 2 nitrogen and oxygen atoms in total. The van der Waals surface area contributed by atoms with Crippen molar-refractivity contribution in [1.29, 1.82) is 0 Å². The van der Waals surface area contributed by atoms with Gasteiger partial charge >= 0.3 is 0 Å². The zero-order valence-electron chi connectivity index (χ0n) is 8.12. The van der Waals surface area contributed by atoms with Crippen molar-refractivity contribution in [2.45, 2.75) is 51.7 Å². The maximum atomic E-state index is 9.39. The Balaban J connectivity index is 2.14. The molecule has 1 rings (SSSR count). The van der Waals surface area contributed by atoms with Crippen molar-refractivity contribution in [3.05, 3.63) is 0 Å². The fourth-order valence-electron chi connectivity index (χ4n) is 1.74. The van der Waals surface area contributed by atoms with Gasteiger partial charge in [-0.2, -0.15) is 0 Å². The molecule has 2 atom stereocenters. The molecule has 72 valence electrons. The van der Waals surface area contributed by atoms with Crippen LogP contribution in [0.1, 0.15) is 39.5 Å². The number of hydrogen-bond acceptors (Lipinski definition) is 2. The maximum Gasteiger partial charge on any atom is 0.0543 e. The molecule has 0 saturated heterocycles. The number of rotatable bonds is 3. The van der Waals surface area contributed by atoms with E-state index < -0.39 is 0 Å². The molecule has 1 N–H and O–H groups in total. The van der Waals surface area contributed by atoms with Gasteiger partial charge < -0.3 is 9.84 Å². The van der Waals surface area contributed by atoms with Crippen molar-refractivity contribution in [2.24, 2.45) is 5.92 Å². The Hall–Kier alpha value is -0.0800. The van der Waals surface area contributed by atoms with Gasteiger partial charge in [-0.1, -0.05) is 6.42 Å². The SMILES string of the molecule is CC(C)OCC1CCCC(O)C1. The molecule has 1 aliphatic carbocycles. The van der Waals surface area contributed by atoms with Crippen molar-refractivity contribution < 1.29 is 9.84 Å². The zero-order valence-corrected chi connectivity index (χ0v) is 8.12. The summed E-state index contributed by atoms with van der Waals surface area (Å²) in [6, 6.07) is 0. The van der Waals surface area contributed by atoms with Crippen molar-refractivity contribution in [2.75, 3.05) is 6.61 Å². The third kappa shape index (κ3) is 3.55. The quantitative estimate of drug-likeness (QED) is 0.705. The molecule has 0 spiro atoms. The van der Waals surface area contributed by atoms with Crippen molar-refractivity contribution in [1.82, 2.24) is 0 Å². The summed E-state index contributed by atoms with van der Waals surface area (Å²) >= 11 is 0. The van der Waals surface area contributed by atoms with Gasteiger partial charge in [-0.15, -0.1) is 0 Å². The minimum Gasteiger partial charge on any atom is -0.393 e. The van der Waals surface area contributed by atoms with Gasteiger partial charge in [-0.05, 0) is 39.0 Å². The van der Waals surface area contributed by atoms with Crippen molar-refractivity contribution in [3.8, 4) is 0 Å². The molecule has 0 aliphatic heterocycles. The fourth-order valence-corrected chi connectivity index (χ4v) is 1.74. The van der Waals surface area contributed by atoms with Crippen LogP contribution in [0.2, 0.25) is 0 Å². The van der Waals surface area contributed by atoms with E-state index in [-0.39, 0.29) is 6.10 Å². The van der Waals surface area contributed by atoms with Crippen LogP contribution in [0.4, 0.5) is 0 Å². The molecular weight excluding hydrogens is 152 g/mol. The van der Waals surface area contributed by atoms with E-state index in [1.807, 2.05) is 0 Å². The van der Waals surface area contributed by atoms with Crippen LogP contribution in [-0.4, -0.2) is 23.9 Å². The van der Waals surface area contributed by atoms with Crippen LogP contribution < -0.4 is 0 Å². The predicted octanol–water partition coefficient (Wildman–Crippen LogP) is 1.96. The van der Waals surface area contributed by atoms with Crippen molar-refractivity contribution in [3.63, 3.8) is 0 Å². The van der Waals surface area contributed by atoms with Crippen molar-refractivity contribution >= 4 is 0 Å². The van der Waals surface area contributed by atoms with E-state index >= 15 is 0 Å². The molecule has 1 saturated carbocycles. The molecule has 1 aliphatic rings. The molecule has 0 amide bonds. The summed E-state index contributed by atoms with van der Waals surface area (Å²) < 4.78 is 5.52. The fraction of sp³-hybridized carbons (Fsp3) is 1.00. The monoisotopic (exact) mass is 172 g/mol. The Bertz CT molecular complexity index is 123. The Morgan fingerprint density at radius 1 is 1.42 bits per heavy atom. The minimum absolute atomic E-state index is 0.0699. The van der Waals surface area contributed by atoms with Crippen LogP contribution >= 0.6 is 0 Å². The summed E-state index contributed by atoms with van der Waals surface area (Å²) in [6.45, 7) is 4.94. The molecule has 0 radical (unpaired) electrons. The third-order valence-corrected chi connectivity index (χ3v) is 2.42. The predicted molar refractivity (Wildman–Crippen MR) is 49.1 cm³/mol. The van der Waals surface area contributed by atoms with Crippen LogP contribution in [0.3, 0.4) is 0 Å². The molecule has 2 unspecified atom stereocenters. The van der Waals surface area contributed by atoms with E-state index in [0.717, 1.165) is 25.9 Å². The lowest BCUT2D eigenvalue weighted by atomic mass is 9.88.